The predicted molar refractivity (Wildman–Crippen MR) is 269 cm³/mol. The van der Waals surface area contributed by atoms with Gasteiger partial charge in [0.15, 0.2) is 0 Å². The number of aromatic nitrogens is 2. The molecule has 0 saturated carbocycles. The van der Waals surface area contributed by atoms with Crippen molar-refractivity contribution >= 4 is 43.6 Å². The van der Waals surface area contributed by atoms with E-state index in [1.807, 2.05) is 0 Å². The zero-order chi connectivity index (χ0) is 42.4. The lowest BCUT2D eigenvalue weighted by Gasteiger charge is -2.34. The number of hydrogen-bond acceptors (Lipinski definition) is 0. The van der Waals surface area contributed by atoms with Crippen molar-refractivity contribution in [1.29, 1.82) is 0 Å². The first-order valence-electron chi connectivity index (χ1n) is 22.5. The van der Waals surface area contributed by atoms with Crippen LogP contribution in [-0.4, -0.2) is 9.13 Å². The second-order valence-electron chi connectivity index (χ2n) is 17.9. The first kappa shape index (κ1) is 36.7. The fourth-order valence-electron chi connectivity index (χ4n) is 11.4. The van der Waals surface area contributed by atoms with Crippen molar-refractivity contribution in [3.63, 3.8) is 0 Å². The van der Waals surface area contributed by atoms with Gasteiger partial charge in [0.2, 0.25) is 0 Å². The average Bonchev–Trinajstić information content (AvgIpc) is 3.98. The molecule has 9 aromatic carbocycles. The van der Waals surface area contributed by atoms with E-state index in [1.54, 1.807) is 0 Å². The molecule has 2 heterocycles. The Morgan fingerprint density at radius 3 is 1.61 bits per heavy atom. The normalized spacial score (nSPS) is 16.2. The molecule has 0 radical (unpaired) electrons. The van der Waals surface area contributed by atoms with Crippen LogP contribution >= 0.6 is 0 Å². The number of allylic oxidation sites excluding steroid dienone is 4. The van der Waals surface area contributed by atoms with Gasteiger partial charge in [-0.25, -0.2) is 0 Å². The van der Waals surface area contributed by atoms with Gasteiger partial charge in [-0.3, -0.25) is 0 Å². The van der Waals surface area contributed by atoms with Crippen molar-refractivity contribution in [3.8, 4) is 39.1 Å². The third kappa shape index (κ3) is 5.26. The highest BCUT2D eigenvalue weighted by Gasteiger charge is 2.46. The van der Waals surface area contributed by atoms with Gasteiger partial charge in [0.25, 0.3) is 0 Å². The van der Waals surface area contributed by atoms with Gasteiger partial charge in [-0.15, -0.1) is 0 Å². The number of hydrogen-bond donors (Lipinski definition) is 0. The van der Waals surface area contributed by atoms with Gasteiger partial charge < -0.3 is 9.13 Å². The van der Waals surface area contributed by atoms with E-state index in [0.29, 0.717) is 0 Å². The molecule has 2 nitrogen and oxygen atoms in total. The molecule has 2 aliphatic rings. The highest BCUT2D eigenvalue weighted by Crippen LogP contribution is 2.58. The van der Waals surface area contributed by atoms with Crippen LogP contribution in [0.15, 0.2) is 237 Å². The summed E-state index contributed by atoms with van der Waals surface area (Å²) in [5.41, 5.74) is 18.1. The Morgan fingerprint density at radius 2 is 0.938 bits per heavy atom. The Labute approximate surface area is 373 Å². The van der Waals surface area contributed by atoms with Crippen LogP contribution in [0.25, 0.3) is 82.7 Å². The van der Waals surface area contributed by atoms with E-state index in [-0.39, 0.29) is 5.54 Å². The summed E-state index contributed by atoms with van der Waals surface area (Å²) in [6, 6.07) is 79.1. The summed E-state index contributed by atoms with van der Waals surface area (Å²) < 4.78 is 5.00. The van der Waals surface area contributed by atoms with Crippen LogP contribution in [0.3, 0.4) is 0 Å². The number of para-hydroxylation sites is 2. The van der Waals surface area contributed by atoms with Crippen LogP contribution in [0.2, 0.25) is 0 Å². The van der Waals surface area contributed by atoms with Gasteiger partial charge in [-0.05, 0) is 124 Å². The van der Waals surface area contributed by atoms with Crippen molar-refractivity contribution in [1.82, 2.24) is 9.13 Å². The molecule has 1 atom stereocenters. The van der Waals surface area contributed by atoms with Crippen LogP contribution in [0, 0.1) is 0 Å². The van der Waals surface area contributed by atoms with Crippen molar-refractivity contribution in [2.75, 3.05) is 0 Å². The van der Waals surface area contributed by atoms with Gasteiger partial charge in [0, 0.05) is 32.7 Å². The molecule has 2 heteroatoms. The maximum Gasteiger partial charge on any atom is 0.0714 e. The first-order valence-corrected chi connectivity index (χ1v) is 22.5. The van der Waals surface area contributed by atoms with E-state index in [4.69, 9.17) is 0 Å². The number of nitrogens with zero attached hydrogens (tertiary/aromatic N) is 2. The fourth-order valence-corrected chi connectivity index (χ4v) is 11.4. The summed E-state index contributed by atoms with van der Waals surface area (Å²) in [6.45, 7) is 2.39. The summed E-state index contributed by atoms with van der Waals surface area (Å²) in [5.74, 6) is 0. The van der Waals surface area contributed by atoms with Crippen molar-refractivity contribution in [3.05, 3.63) is 259 Å². The van der Waals surface area contributed by atoms with Gasteiger partial charge in [0.05, 0.1) is 27.5 Å². The van der Waals surface area contributed by atoms with E-state index in [1.165, 1.54) is 105 Å². The maximum atomic E-state index is 2.62. The lowest BCUT2D eigenvalue weighted by Crippen LogP contribution is -2.29. The minimum Gasteiger partial charge on any atom is -0.331 e. The molecule has 0 aliphatic heterocycles. The summed E-state index contributed by atoms with van der Waals surface area (Å²) in [5, 5.41) is 5.09. The quantitative estimate of drug-likeness (QED) is 0.158. The molecule has 0 N–H and O–H groups in total. The molecule has 0 amide bonds. The molecule has 2 aliphatic carbocycles. The smallest absolute Gasteiger partial charge is 0.0714 e. The van der Waals surface area contributed by atoms with Gasteiger partial charge >= 0.3 is 0 Å². The Kier molecular flexibility index (Phi) is 8.05. The SMILES string of the molecule is CC1(n2c3ccc(-c4ccc(-c5ccc6c(c5)c5ccccc5n6-c5ccccc5)cc4)cc3c3cc4c(cc32)C(c2ccccc2)(c2ccccc2)c2ccccc2-4)C=CC=CC1. The summed E-state index contributed by atoms with van der Waals surface area (Å²) in [7, 11) is 0. The molecular weight excluding hydrogens is 773 g/mol. The molecular formula is C62H44N2. The standard InChI is InChI=1S/C62H44N2/c1-61(36-16-5-17-37-61)64-59-35-33-45(43-30-28-42(29-31-43)44-32-34-58-52(38-44)50-25-13-15-27-57(50)63(58)48-22-10-4-11-23-48)39-53(59)54-40-51-49-24-12-14-26-55(49)62(56(51)41-60(54)64,46-18-6-2-7-19-46)47-20-8-3-9-21-47/h2-36,38-41H,37H2,1H3. The van der Waals surface area contributed by atoms with Crippen LogP contribution in [-0.2, 0) is 11.0 Å². The molecule has 64 heavy (non-hydrogen) atoms. The molecule has 1 unspecified atom stereocenters. The minimum absolute atomic E-state index is 0.242. The Bertz CT molecular complexity index is 3640. The monoisotopic (exact) mass is 816 g/mol. The van der Waals surface area contributed by atoms with Crippen molar-refractivity contribution < 1.29 is 0 Å². The summed E-state index contributed by atoms with van der Waals surface area (Å²) >= 11 is 0. The third-order valence-corrected chi connectivity index (χ3v) is 14.3. The van der Waals surface area contributed by atoms with Gasteiger partial charge in [-0.2, -0.15) is 0 Å². The van der Waals surface area contributed by atoms with Gasteiger partial charge in [-0.1, -0.05) is 182 Å². The molecule has 0 spiro atoms. The molecule has 2 aromatic heterocycles. The van der Waals surface area contributed by atoms with Crippen LogP contribution in [0.1, 0.15) is 35.6 Å². The Morgan fingerprint density at radius 1 is 0.391 bits per heavy atom. The first-order chi connectivity index (χ1) is 31.6. The third-order valence-electron chi connectivity index (χ3n) is 14.3. The minimum atomic E-state index is -0.469. The lowest BCUT2D eigenvalue weighted by atomic mass is 9.67. The Balaban J connectivity index is 0.979. The summed E-state index contributed by atoms with van der Waals surface area (Å²) in [4.78, 5) is 0. The number of benzene rings is 9. The molecule has 0 fully saturated rings. The molecule has 302 valence electrons. The predicted octanol–water partition coefficient (Wildman–Crippen LogP) is 15.8. The van der Waals surface area contributed by atoms with Crippen LogP contribution in [0.4, 0.5) is 0 Å². The van der Waals surface area contributed by atoms with Crippen molar-refractivity contribution in [2.24, 2.45) is 0 Å². The van der Waals surface area contributed by atoms with Crippen LogP contribution < -0.4 is 0 Å². The van der Waals surface area contributed by atoms with E-state index in [2.05, 4.69) is 253 Å². The van der Waals surface area contributed by atoms with E-state index in [9.17, 15) is 0 Å². The van der Waals surface area contributed by atoms with E-state index < -0.39 is 5.41 Å². The number of fused-ring (bicyclic) bond motifs is 9. The fraction of sp³-hybridized carbons (Fsp3) is 0.0645. The largest absolute Gasteiger partial charge is 0.331 e. The lowest BCUT2D eigenvalue weighted by molar-refractivity contribution is 0.437. The molecule has 0 saturated heterocycles. The number of rotatable bonds is 6. The highest BCUT2D eigenvalue weighted by atomic mass is 15.1. The molecule has 0 bridgehead atoms. The average molecular weight is 817 g/mol. The molecule has 11 aromatic rings. The molecule has 13 rings (SSSR count). The van der Waals surface area contributed by atoms with E-state index in [0.717, 1.165) is 6.42 Å². The second-order valence-corrected chi connectivity index (χ2v) is 17.9. The van der Waals surface area contributed by atoms with Gasteiger partial charge in [0.1, 0.15) is 0 Å². The van der Waals surface area contributed by atoms with E-state index >= 15 is 0 Å². The van der Waals surface area contributed by atoms with Crippen LogP contribution in [0.5, 0.6) is 0 Å². The summed E-state index contributed by atoms with van der Waals surface area (Å²) in [6.07, 6.45) is 10.0. The zero-order valence-corrected chi connectivity index (χ0v) is 35.6. The zero-order valence-electron chi connectivity index (χ0n) is 35.6. The second kappa shape index (κ2) is 14.0. The topological polar surface area (TPSA) is 9.86 Å². The maximum absolute atomic E-state index is 2.62. The Hall–Kier alpha value is -7.94. The highest BCUT2D eigenvalue weighted by molar-refractivity contribution is 6.13. The van der Waals surface area contributed by atoms with Crippen molar-refractivity contribution in [2.45, 2.75) is 24.3 Å².